The van der Waals surface area contributed by atoms with Crippen molar-refractivity contribution in [3.8, 4) is 44.5 Å². The minimum absolute atomic E-state index is 0.211. The second-order valence-corrected chi connectivity index (χ2v) is 18.6. The van der Waals surface area contributed by atoms with Crippen LogP contribution in [0, 0.1) is 0 Å². The molecule has 4 aliphatic rings. The van der Waals surface area contributed by atoms with Gasteiger partial charge in [-0.05, 0) is 140 Å². The van der Waals surface area contributed by atoms with Crippen molar-refractivity contribution < 1.29 is 0 Å². The maximum atomic E-state index is 2.61. The maximum Gasteiger partial charge on any atom is 0.0707 e. The highest BCUT2D eigenvalue weighted by Gasteiger charge is 2.49. The minimum atomic E-state index is -0.415. The standard InChI is InChI=1S/C64H51N/c1-63(2)59-41-48(46-33-31-45(32-34-46)44-19-7-3-8-20-44)35-38-55(59)56-39-36-51(42-60(56)63)65(62-30-18-16-27-53(62)47-21-9-4-10-22-47)52-37-40-57-54-28-15-17-29-58(54)64(61(57)43-52,49-23-11-5-12-24-49)50-25-13-6-14-26-50/h3-5,7-13,15-36,38-39,41-43H,6,14,37,40H2,1-2H3. The Balaban J connectivity index is 1.02. The summed E-state index contributed by atoms with van der Waals surface area (Å²) in [7, 11) is 0. The number of hydrogen-bond acceptors (Lipinski definition) is 1. The molecule has 0 saturated heterocycles. The van der Waals surface area contributed by atoms with Gasteiger partial charge in [-0.25, -0.2) is 0 Å². The summed E-state index contributed by atoms with van der Waals surface area (Å²) >= 11 is 0. The fraction of sp³-hybridized carbons (Fsp3) is 0.125. The molecule has 0 saturated carbocycles. The van der Waals surface area contributed by atoms with Crippen molar-refractivity contribution in [1.82, 2.24) is 0 Å². The van der Waals surface area contributed by atoms with E-state index in [4.69, 9.17) is 0 Å². The quantitative estimate of drug-likeness (QED) is 0.147. The Labute approximate surface area is 384 Å². The molecule has 1 nitrogen and oxygen atoms in total. The Kier molecular flexibility index (Phi) is 9.42. The van der Waals surface area contributed by atoms with E-state index in [1.54, 1.807) is 0 Å². The van der Waals surface area contributed by atoms with Crippen molar-refractivity contribution >= 4 is 16.9 Å². The third-order valence-electron chi connectivity index (χ3n) is 14.7. The topological polar surface area (TPSA) is 3.24 Å². The minimum Gasteiger partial charge on any atom is -0.314 e. The normalized spacial score (nSPS) is 17.7. The number of hydrogen-bond donors (Lipinski definition) is 0. The summed E-state index contributed by atoms with van der Waals surface area (Å²) in [4.78, 5) is 2.61. The summed E-state index contributed by atoms with van der Waals surface area (Å²) in [5, 5.41) is 0. The first-order valence-electron chi connectivity index (χ1n) is 23.4. The molecule has 0 fully saturated rings. The molecule has 0 amide bonds. The highest BCUT2D eigenvalue weighted by molar-refractivity contribution is 5.93. The SMILES string of the molecule is CC1(C)c2cc(-c3ccc(-c4ccccc4)cc3)ccc2-c2ccc(N(C3=CC4=C(CC3)c3ccccc3C4(C3=CCCC=C3)c3ccccc3)c3ccccc3-c3ccccc3)cc21. The van der Waals surface area contributed by atoms with Crippen LogP contribution in [0.2, 0.25) is 0 Å². The van der Waals surface area contributed by atoms with Crippen molar-refractivity contribution in [1.29, 1.82) is 0 Å². The van der Waals surface area contributed by atoms with Gasteiger partial charge < -0.3 is 4.90 Å². The number of para-hydroxylation sites is 1. The number of benzene rings is 8. The maximum absolute atomic E-state index is 2.61. The van der Waals surface area contributed by atoms with Gasteiger partial charge in [-0.1, -0.05) is 208 Å². The van der Waals surface area contributed by atoms with Crippen LogP contribution in [0.25, 0.3) is 50.1 Å². The molecule has 8 aromatic carbocycles. The lowest BCUT2D eigenvalue weighted by atomic mass is 9.64. The smallest absolute Gasteiger partial charge is 0.0707 e. The highest BCUT2D eigenvalue weighted by Crippen LogP contribution is 2.60. The Morgan fingerprint density at radius 2 is 1.03 bits per heavy atom. The van der Waals surface area contributed by atoms with Crippen LogP contribution in [-0.4, -0.2) is 0 Å². The van der Waals surface area contributed by atoms with Gasteiger partial charge in [0, 0.05) is 22.4 Å². The molecule has 312 valence electrons. The predicted molar refractivity (Wildman–Crippen MR) is 273 cm³/mol. The lowest BCUT2D eigenvalue weighted by molar-refractivity contribution is 0.660. The molecule has 1 heteroatoms. The van der Waals surface area contributed by atoms with Crippen LogP contribution in [0.3, 0.4) is 0 Å². The summed E-state index contributed by atoms with van der Waals surface area (Å²) < 4.78 is 0. The molecule has 0 radical (unpaired) electrons. The number of allylic oxidation sites excluding steroid dienone is 8. The molecule has 0 spiro atoms. The second kappa shape index (κ2) is 15.6. The average molecular weight is 834 g/mol. The first-order chi connectivity index (χ1) is 32.0. The summed E-state index contributed by atoms with van der Waals surface area (Å²) in [6.45, 7) is 4.83. The summed E-state index contributed by atoms with van der Waals surface area (Å²) in [6.07, 6.45) is 13.9. The predicted octanol–water partition coefficient (Wildman–Crippen LogP) is 16.8. The Morgan fingerprint density at radius 1 is 0.446 bits per heavy atom. The third-order valence-corrected chi connectivity index (χ3v) is 14.7. The number of nitrogens with zero attached hydrogens (tertiary/aromatic N) is 1. The zero-order valence-electron chi connectivity index (χ0n) is 37.1. The monoisotopic (exact) mass is 833 g/mol. The van der Waals surface area contributed by atoms with E-state index in [9.17, 15) is 0 Å². The van der Waals surface area contributed by atoms with Crippen LogP contribution in [0.5, 0.6) is 0 Å². The van der Waals surface area contributed by atoms with Gasteiger partial charge in [0.2, 0.25) is 0 Å². The van der Waals surface area contributed by atoms with E-state index in [1.165, 1.54) is 106 Å². The molecule has 1 unspecified atom stereocenters. The summed E-state index contributed by atoms with van der Waals surface area (Å²) in [6, 6.07) is 74.6. The Morgan fingerprint density at radius 3 is 1.75 bits per heavy atom. The van der Waals surface area contributed by atoms with Gasteiger partial charge in [0.1, 0.15) is 0 Å². The molecular formula is C64H51N. The van der Waals surface area contributed by atoms with Crippen LogP contribution < -0.4 is 4.90 Å². The van der Waals surface area contributed by atoms with Gasteiger partial charge in [-0.2, -0.15) is 0 Å². The molecule has 4 aliphatic carbocycles. The van der Waals surface area contributed by atoms with Crippen LogP contribution >= 0.6 is 0 Å². The molecule has 0 N–H and O–H groups in total. The zero-order valence-corrected chi connectivity index (χ0v) is 37.1. The second-order valence-electron chi connectivity index (χ2n) is 18.6. The van der Waals surface area contributed by atoms with Gasteiger partial charge in [-0.15, -0.1) is 0 Å². The van der Waals surface area contributed by atoms with E-state index in [0.717, 1.165) is 25.7 Å². The molecule has 0 aromatic heterocycles. The Bertz CT molecular complexity index is 3250. The van der Waals surface area contributed by atoms with Crippen molar-refractivity contribution in [3.05, 3.63) is 269 Å². The van der Waals surface area contributed by atoms with Gasteiger partial charge in [-0.3, -0.25) is 0 Å². The van der Waals surface area contributed by atoms with Gasteiger partial charge >= 0.3 is 0 Å². The van der Waals surface area contributed by atoms with Crippen molar-refractivity contribution in [2.75, 3.05) is 4.90 Å². The highest BCUT2D eigenvalue weighted by atomic mass is 15.2. The van der Waals surface area contributed by atoms with E-state index in [2.05, 4.69) is 243 Å². The number of rotatable bonds is 8. The third kappa shape index (κ3) is 6.28. The molecular weight excluding hydrogens is 783 g/mol. The van der Waals surface area contributed by atoms with E-state index in [1.807, 2.05) is 0 Å². The zero-order chi connectivity index (χ0) is 43.5. The van der Waals surface area contributed by atoms with Gasteiger partial charge in [0.25, 0.3) is 0 Å². The first kappa shape index (κ1) is 39.1. The molecule has 1 atom stereocenters. The van der Waals surface area contributed by atoms with Crippen molar-refractivity contribution in [2.24, 2.45) is 0 Å². The largest absolute Gasteiger partial charge is 0.314 e. The number of anilines is 2. The fourth-order valence-electron chi connectivity index (χ4n) is 11.6. The molecule has 0 aliphatic heterocycles. The molecule has 0 bridgehead atoms. The molecule has 8 aromatic rings. The summed E-state index contributed by atoms with van der Waals surface area (Å²) in [5.41, 5.74) is 24.2. The van der Waals surface area contributed by atoms with E-state index >= 15 is 0 Å². The van der Waals surface area contributed by atoms with Crippen molar-refractivity contribution in [3.63, 3.8) is 0 Å². The lowest BCUT2D eigenvalue weighted by Crippen LogP contribution is -2.31. The van der Waals surface area contributed by atoms with Gasteiger partial charge in [0.05, 0.1) is 11.1 Å². The first-order valence-corrected chi connectivity index (χ1v) is 23.4. The lowest BCUT2D eigenvalue weighted by Gasteiger charge is -2.39. The summed E-state index contributed by atoms with van der Waals surface area (Å²) in [5.74, 6) is 0. The van der Waals surface area contributed by atoms with Crippen LogP contribution in [0.15, 0.2) is 241 Å². The Hall–Kier alpha value is -7.48. The van der Waals surface area contributed by atoms with E-state index < -0.39 is 5.41 Å². The van der Waals surface area contributed by atoms with Crippen LogP contribution in [-0.2, 0) is 10.8 Å². The average Bonchev–Trinajstić information content (AvgIpc) is 3.80. The molecule has 0 heterocycles. The van der Waals surface area contributed by atoms with Crippen LogP contribution in [0.1, 0.15) is 67.3 Å². The van der Waals surface area contributed by atoms with E-state index in [-0.39, 0.29) is 5.41 Å². The molecule has 65 heavy (non-hydrogen) atoms. The van der Waals surface area contributed by atoms with Crippen LogP contribution in [0.4, 0.5) is 11.4 Å². The van der Waals surface area contributed by atoms with E-state index in [0.29, 0.717) is 0 Å². The molecule has 12 rings (SSSR count). The fourth-order valence-corrected chi connectivity index (χ4v) is 11.6. The number of fused-ring (bicyclic) bond motifs is 5. The van der Waals surface area contributed by atoms with Crippen molar-refractivity contribution in [2.45, 2.75) is 50.4 Å². The van der Waals surface area contributed by atoms with Gasteiger partial charge in [0.15, 0.2) is 0 Å².